The first-order valence-corrected chi connectivity index (χ1v) is 7.57. The molecule has 4 nitrogen and oxygen atoms in total. The van der Waals surface area contributed by atoms with E-state index in [0.29, 0.717) is 6.04 Å². The standard InChI is InChI=1S/C15H28N4/c1-5-19-9-7-6-8-14(19)10-16-11-15-17-12(2)13(3)18(15)4/h14,16H,5-11H2,1-4H3. The molecule has 0 spiro atoms. The van der Waals surface area contributed by atoms with Crippen molar-refractivity contribution in [3.8, 4) is 0 Å². The molecule has 1 atom stereocenters. The van der Waals surface area contributed by atoms with E-state index in [1.54, 1.807) is 0 Å². The molecular formula is C15H28N4. The summed E-state index contributed by atoms with van der Waals surface area (Å²) in [4.78, 5) is 7.22. The Hall–Kier alpha value is -0.870. The highest BCUT2D eigenvalue weighted by molar-refractivity contribution is 5.13. The highest BCUT2D eigenvalue weighted by Crippen LogP contribution is 2.16. The Morgan fingerprint density at radius 3 is 2.74 bits per heavy atom. The third kappa shape index (κ3) is 3.37. The number of likely N-dealkylation sites (tertiary alicyclic amines) is 1. The van der Waals surface area contributed by atoms with E-state index in [4.69, 9.17) is 0 Å². The minimum absolute atomic E-state index is 0.709. The fourth-order valence-electron chi connectivity index (χ4n) is 3.00. The Balaban J connectivity index is 1.84. The van der Waals surface area contributed by atoms with Crippen LogP contribution in [0.3, 0.4) is 0 Å². The van der Waals surface area contributed by atoms with Crippen molar-refractivity contribution in [3.05, 3.63) is 17.2 Å². The van der Waals surface area contributed by atoms with Gasteiger partial charge in [0.15, 0.2) is 0 Å². The molecule has 0 aliphatic carbocycles. The van der Waals surface area contributed by atoms with Gasteiger partial charge in [0, 0.05) is 25.3 Å². The van der Waals surface area contributed by atoms with E-state index >= 15 is 0 Å². The first-order valence-electron chi connectivity index (χ1n) is 7.57. The number of hydrogen-bond donors (Lipinski definition) is 1. The summed E-state index contributed by atoms with van der Waals surface area (Å²) in [5.74, 6) is 1.15. The fourth-order valence-corrected chi connectivity index (χ4v) is 3.00. The van der Waals surface area contributed by atoms with E-state index in [1.807, 2.05) is 0 Å². The molecule has 0 saturated carbocycles. The van der Waals surface area contributed by atoms with Crippen LogP contribution in [0.5, 0.6) is 0 Å². The van der Waals surface area contributed by atoms with Gasteiger partial charge in [-0.3, -0.25) is 4.90 Å². The van der Waals surface area contributed by atoms with Crippen LogP contribution in [0.25, 0.3) is 0 Å². The maximum absolute atomic E-state index is 4.62. The van der Waals surface area contributed by atoms with E-state index in [0.717, 1.165) is 24.6 Å². The van der Waals surface area contributed by atoms with Crippen LogP contribution in [0.4, 0.5) is 0 Å². The van der Waals surface area contributed by atoms with Crippen molar-refractivity contribution in [1.29, 1.82) is 0 Å². The van der Waals surface area contributed by atoms with Crippen LogP contribution in [-0.4, -0.2) is 40.1 Å². The van der Waals surface area contributed by atoms with Crippen molar-refractivity contribution in [2.75, 3.05) is 19.6 Å². The molecule has 0 bridgehead atoms. The number of aryl methyl sites for hydroxylation is 1. The molecule has 2 heterocycles. The van der Waals surface area contributed by atoms with Crippen LogP contribution in [0, 0.1) is 13.8 Å². The van der Waals surface area contributed by atoms with Gasteiger partial charge < -0.3 is 9.88 Å². The summed E-state index contributed by atoms with van der Waals surface area (Å²) < 4.78 is 2.20. The van der Waals surface area contributed by atoms with Gasteiger partial charge in [-0.2, -0.15) is 0 Å². The van der Waals surface area contributed by atoms with Gasteiger partial charge in [0.25, 0.3) is 0 Å². The van der Waals surface area contributed by atoms with Crippen LogP contribution in [-0.2, 0) is 13.6 Å². The monoisotopic (exact) mass is 264 g/mol. The van der Waals surface area contributed by atoms with Gasteiger partial charge in [0.05, 0.1) is 12.2 Å². The molecule has 1 aliphatic heterocycles. The minimum atomic E-state index is 0.709. The average Bonchev–Trinajstić information content (AvgIpc) is 2.67. The van der Waals surface area contributed by atoms with Gasteiger partial charge in [0.1, 0.15) is 5.82 Å². The molecule has 2 rings (SSSR count). The van der Waals surface area contributed by atoms with Crippen molar-refractivity contribution >= 4 is 0 Å². The normalized spacial score (nSPS) is 20.9. The van der Waals surface area contributed by atoms with E-state index in [-0.39, 0.29) is 0 Å². The topological polar surface area (TPSA) is 33.1 Å². The zero-order chi connectivity index (χ0) is 13.8. The van der Waals surface area contributed by atoms with Gasteiger partial charge in [-0.25, -0.2) is 4.98 Å². The van der Waals surface area contributed by atoms with Crippen LogP contribution in [0.2, 0.25) is 0 Å². The predicted molar refractivity (Wildman–Crippen MR) is 79.3 cm³/mol. The lowest BCUT2D eigenvalue weighted by Gasteiger charge is -2.35. The van der Waals surface area contributed by atoms with E-state index in [9.17, 15) is 0 Å². The molecule has 4 heteroatoms. The van der Waals surface area contributed by atoms with E-state index < -0.39 is 0 Å². The maximum atomic E-state index is 4.62. The molecule has 1 fully saturated rings. The Kier molecular flexibility index (Phi) is 4.99. The minimum Gasteiger partial charge on any atom is -0.334 e. The van der Waals surface area contributed by atoms with Crippen molar-refractivity contribution in [2.24, 2.45) is 7.05 Å². The van der Waals surface area contributed by atoms with E-state index in [2.05, 4.69) is 47.6 Å². The van der Waals surface area contributed by atoms with Crippen LogP contribution < -0.4 is 5.32 Å². The number of imidazole rings is 1. The van der Waals surface area contributed by atoms with Crippen LogP contribution >= 0.6 is 0 Å². The van der Waals surface area contributed by atoms with Crippen LogP contribution in [0.15, 0.2) is 0 Å². The molecule has 0 radical (unpaired) electrons. The summed E-state index contributed by atoms with van der Waals surface area (Å²) >= 11 is 0. The SMILES string of the molecule is CCN1CCCCC1CNCc1nc(C)c(C)n1C. The molecule has 1 aromatic heterocycles. The Morgan fingerprint density at radius 1 is 1.32 bits per heavy atom. The molecule has 19 heavy (non-hydrogen) atoms. The predicted octanol–water partition coefficient (Wildman–Crippen LogP) is 2.00. The molecule has 1 unspecified atom stereocenters. The lowest BCUT2D eigenvalue weighted by Crippen LogP contribution is -2.45. The van der Waals surface area contributed by atoms with Crippen molar-refractivity contribution in [1.82, 2.24) is 19.8 Å². The number of nitrogens with zero attached hydrogens (tertiary/aromatic N) is 3. The molecule has 1 saturated heterocycles. The molecule has 0 aromatic carbocycles. The Bertz CT molecular complexity index is 411. The smallest absolute Gasteiger partial charge is 0.122 e. The van der Waals surface area contributed by atoms with Gasteiger partial charge in [-0.1, -0.05) is 13.3 Å². The zero-order valence-electron chi connectivity index (χ0n) is 12.9. The van der Waals surface area contributed by atoms with Crippen molar-refractivity contribution in [2.45, 2.75) is 52.6 Å². The van der Waals surface area contributed by atoms with Gasteiger partial charge in [-0.15, -0.1) is 0 Å². The van der Waals surface area contributed by atoms with Crippen molar-refractivity contribution in [3.63, 3.8) is 0 Å². The maximum Gasteiger partial charge on any atom is 0.122 e. The molecule has 1 aliphatic rings. The zero-order valence-corrected chi connectivity index (χ0v) is 12.9. The summed E-state index contributed by atoms with van der Waals surface area (Å²) in [5.41, 5.74) is 2.41. The van der Waals surface area contributed by atoms with Crippen molar-refractivity contribution < 1.29 is 0 Å². The number of piperidine rings is 1. The highest BCUT2D eigenvalue weighted by Gasteiger charge is 2.20. The van der Waals surface area contributed by atoms with Gasteiger partial charge >= 0.3 is 0 Å². The average molecular weight is 264 g/mol. The lowest BCUT2D eigenvalue weighted by atomic mass is 10.0. The number of hydrogen-bond acceptors (Lipinski definition) is 3. The lowest BCUT2D eigenvalue weighted by molar-refractivity contribution is 0.153. The Labute approximate surface area is 117 Å². The third-order valence-electron chi connectivity index (χ3n) is 4.53. The third-order valence-corrected chi connectivity index (χ3v) is 4.53. The number of rotatable bonds is 5. The fraction of sp³-hybridized carbons (Fsp3) is 0.800. The first-order chi connectivity index (χ1) is 9.13. The summed E-state index contributed by atoms with van der Waals surface area (Å²) in [5, 5.41) is 3.59. The van der Waals surface area contributed by atoms with Gasteiger partial charge in [0.2, 0.25) is 0 Å². The summed E-state index contributed by atoms with van der Waals surface area (Å²) in [6.07, 6.45) is 4.07. The second-order valence-corrected chi connectivity index (χ2v) is 5.67. The Morgan fingerprint density at radius 2 is 2.11 bits per heavy atom. The molecular weight excluding hydrogens is 236 g/mol. The molecule has 1 N–H and O–H groups in total. The quantitative estimate of drug-likeness (QED) is 0.883. The number of likely N-dealkylation sites (N-methyl/N-ethyl adjacent to an activating group) is 1. The summed E-state index contributed by atoms with van der Waals surface area (Å²) in [7, 11) is 2.10. The highest BCUT2D eigenvalue weighted by atomic mass is 15.2. The second kappa shape index (κ2) is 6.53. The van der Waals surface area contributed by atoms with Gasteiger partial charge in [-0.05, 0) is 39.8 Å². The molecule has 0 amide bonds. The summed E-state index contributed by atoms with van der Waals surface area (Å²) in [6, 6.07) is 0.709. The van der Waals surface area contributed by atoms with E-state index in [1.165, 1.54) is 38.0 Å². The molecule has 108 valence electrons. The molecule has 1 aromatic rings. The number of nitrogens with one attached hydrogen (secondary N) is 1. The number of aromatic nitrogens is 2. The largest absolute Gasteiger partial charge is 0.334 e. The summed E-state index contributed by atoms with van der Waals surface area (Å²) in [6.45, 7) is 10.9. The first kappa shape index (κ1) is 14.5. The second-order valence-electron chi connectivity index (χ2n) is 5.67. The van der Waals surface area contributed by atoms with Crippen LogP contribution in [0.1, 0.15) is 43.4 Å².